The quantitative estimate of drug-likeness (QED) is 0.782. The predicted molar refractivity (Wildman–Crippen MR) is 104 cm³/mol. The second kappa shape index (κ2) is 7.61. The molecular formula is C19H23NO5S2. The standard InChI is InChI=1S/C19H23NO5S2/c1-14-5-3-4-6-15(14)11-20-18-12-26(21,22)13-19(18)27(23,24)17-9-7-16(25-2)8-10-17/h3-10,18-20H,11-13H2,1-2H3/t18-,19-/m1/s1. The number of ether oxygens (including phenoxy) is 1. The Morgan fingerprint density at radius 2 is 1.74 bits per heavy atom. The molecule has 0 bridgehead atoms. The first-order valence-corrected chi connectivity index (χ1v) is 12.0. The van der Waals surface area contributed by atoms with E-state index in [-0.39, 0.29) is 16.4 Å². The number of hydrogen-bond acceptors (Lipinski definition) is 6. The number of sulfone groups is 2. The van der Waals surface area contributed by atoms with Gasteiger partial charge in [-0.3, -0.25) is 0 Å². The van der Waals surface area contributed by atoms with Crippen LogP contribution in [-0.2, 0) is 26.2 Å². The van der Waals surface area contributed by atoms with Gasteiger partial charge in [0.05, 0.1) is 28.8 Å². The third-order valence-electron chi connectivity index (χ3n) is 4.90. The first-order chi connectivity index (χ1) is 12.7. The first-order valence-electron chi connectivity index (χ1n) is 8.59. The fourth-order valence-electron chi connectivity index (χ4n) is 3.30. The van der Waals surface area contributed by atoms with Crippen LogP contribution in [-0.4, -0.2) is 46.7 Å². The van der Waals surface area contributed by atoms with Gasteiger partial charge in [-0.25, -0.2) is 16.8 Å². The molecule has 0 spiro atoms. The molecule has 2 aromatic rings. The third kappa shape index (κ3) is 4.34. The van der Waals surface area contributed by atoms with Gasteiger partial charge in [-0.05, 0) is 42.3 Å². The zero-order valence-electron chi connectivity index (χ0n) is 15.3. The molecule has 2 atom stereocenters. The number of benzene rings is 2. The summed E-state index contributed by atoms with van der Waals surface area (Å²) in [5.41, 5.74) is 2.09. The van der Waals surface area contributed by atoms with Crippen molar-refractivity contribution < 1.29 is 21.6 Å². The molecule has 0 amide bonds. The van der Waals surface area contributed by atoms with Gasteiger partial charge >= 0.3 is 0 Å². The van der Waals surface area contributed by atoms with Crippen LogP contribution in [0.4, 0.5) is 0 Å². The lowest BCUT2D eigenvalue weighted by molar-refractivity contribution is 0.414. The molecule has 0 unspecified atom stereocenters. The normalized spacial score (nSPS) is 21.9. The van der Waals surface area contributed by atoms with Crippen molar-refractivity contribution in [3.05, 3.63) is 59.7 Å². The molecule has 0 saturated carbocycles. The molecule has 1 saturated heterocycles. The fraction of sp³-hybridized carbons (Fsp3) is 0.368. The summed E-state index contributed by atoms with van der Waals surface area (Å²) in [6.07, 6.45) is 0. The molecule has 27 heavy (non-hydrogen) atoms. The Kier molecular flexibility index (Phi) is 5.60. The Bertz CT molecular complexity index is 1010. The molecule has 1 fully saturated rings. The van der Waals surface area contributed by atoms with E-state index >= 15 is 0 Å². The molecule has 1 heterocycles. The van der Waals surface area contributed by atoms with Crippen LogP contribution in [0.15, 0.2) is 53.4 Å². The highest BCUT2D eigenvalue weighted by Gasteiger charge is 2.45. The van der Waals surface area contributed by atoms with Crippen molar-refractivity contribution in [2.24, 2.45) is 0 Å². The Hall–Kier alpha value is -1.90. The van der Waals surface area contributed by atoms with E-state index in [0.29, 0.717) is 12.3 Å². The maximum Gasteiger partial charge on any atom is 0.183 e. The summed E-state index contributed by atoms with van der Waals surface area (Å²) in [6, 6.07) is 13.1. The van der Waals surface area contributed by atoms with Crippen molar-refractivity contribution in [1.82, 2.24) is 5.32 Å². The highest BCUT2D eigenvalue weighted by atomic mass is 32.2. The summed E-state index contributed by atoms with van der Waals surface area (Å²) in [5.74, 6) is -0.00614. The lowest BCUT2D eigenvalue weighted by Crippen LogP contribution is -2.43. The minimum Gasteiger partial charge on any atom is -0.497 e. The van der Waals surface area contributed by atoms with Crippen LogP contribution in [0.25, 0.3) is 0 Å². The average molecular weight is 410 g/mol. The summed E-state index contributed by atoms with van der Waals surface area (Å²) in [4.78, 5) is 0.105. The molecule has 0 radical (unpaired) electrons. The van der Waals surface area contributed by atoms with Crippen molar-refractivity contribution in [3.8, 4) is 5.75 Å². The average Bonchev–Trinajstić information content (AvgIpc) is 2.96. The van der Waals surface area contributed by atoms with Gasteiger partial charge < -0.3 is 10.1 Å². The number of rotatable bonds is 6. The maximum atomic E-state index is 13.1. The Balaban J connectivity index is 1.85. The van der Waals surface area contributed by atoms with Crippen molar-refractivity contribution in [2.45, 2.75) is 29.7 Å². The summed E-state index contributed by atoms with van der Waals surface area (Å²) >= 11 is 0. The van der Waals surface area contributed by atoms with E-state index in [9.17, 15) is 16.8 Å². The van der Waals surface area contributed by atoms with E-state index in [0.717, 1.165) is 11.1 Å². The lowest BCUT2D eigenvalue weighted by atomic mass is 10.1. The summed E-state index contributed by atoms with van der Waals surface area (Å²) in [5, 5.41) is 2.15. The Morgan fingerprint density at radius 1 is 1.07 bits per heavy atom. The van der Waals surface area contributed by atoms with E-state index in [4.69, 9.17) is 4.74 Å². The van der Waals surface area contributed by atoms with Crippen LogP contribution < -0.4 is 10.1 Å². The highest BCUT2D eigenvalue weighted by Crippen LogP contribution is 2.27. The van der Waals surface area contributed by atoms with Crippen LogP contribution in [0.5, 0.6) is 5.75 Å². The molecule has 3 rings (SSSR count). The second-order valence-corrected chi connectivity index (χ2v) is 11.1. The lowest BCUT2D eigenvalue weighted by Gasteiger charge is -2.20. The van der Waals surface area contributed by atoms with Crippen LogP contribution >= 0.6 is 0 Å². The number of nitrogens with one attached hydrogen (secondary N) is 1. The monoisotopic (exact) mass is 409 g/mol. The minimum absolute atomic E-state index is 0.105. The predicted octanol–water partition coefficient (Wildman–Crippen LogP) is 1.73. The molecule has 8 heteroatoms. The fourth-order valence-corrected chi connectivity index (χ4v) is 8.02. The second-order valence-electron chi connectivity index (χ2n) is 6.75. The summed E-state index contributed by atoms with van der Waals surface area (Å²) < 4.78 is 55.6. The number of aryl methyl sites for hydroxylation is 1. The van der Waals surface area contributed by atoms with Crippen molar-refractivity contribution in [3.63, 3.8) is 0 Å². The van der Waals surface area contributed by atoms with E-state index in [1.807, 2.05) is 31.2 Å². The molecule has 6 nitrogen and oxygen atoms in total. The number of hydrogen-bond donors (Lipinski definition) is 1. The molecule has 0 aliphatic carbocycles. The van der Waals surface area contributed by atoms with Gasteiger partial charge in [0, 0.05) is 12.6 Å². The topological polar surface area (TPSA) is 89.5 Å². The highest BCUT2D eigenvalue weighted by molar-refractivity contribution is 7.96. The van der Waals surface area contributed by atoms with E-state index in [1.54, 1.807) is 12.1 Å². The van der Waals surface area contributed by atoms with Crippen molar-refractivity contribution in [1.29, 1.82) is 0 Å². The van der Waals surface area contributed by atoms with E-state index < -0.39 is 31.0 Å². The minimum atomic E-state index is -3.80. The number of methoxy groups -OCH3 is 1. The van der Waals surface area contributed by atoms with Crippen molar-refractivity contribution >= 4 is 19.7 Å². The molecule has 2 aromatic carbocycles. The summed E-state index contributed by atoms with van der Waals surface area (Å²) in [7, 11) is -5.73. The molecule has 1 N–H and O–H groups in total. The summed E-state index contributed by atoms with van der Waals surface area (Å²) in [6.45, 7) is 2.38. The van der Waals surface area contributed by atoms with Crippen molar-refractivity contribution in [2.75, 3.05) is 18.6 Å². The largest absolute Gasteiger partial charge is 0.497 e. The van der Waals surface area contributed by atoms with Gasteiger partial charge in [0.15, 0.2) is 19.7 Å². The van der Waals surface area contributed by atoms with E-state index in [2.05, 4.69) is 5.32 Å². The van der Waals surface area contributed by atoms with Gasteiger partial charge in [-0.15, -0.1) is 0 Å². The maximum absolute atomic E-state index is 13.1. The zero-order valence-corrected chi connectivity index (χ0v) is 16.9. The molecular weight excluding hydrogens is 386 g/mol. The van der Waals surface area contributed by atoms with Gasteiger partial charge in [-0.1, -0.05) is 24.3 Å². The Labute approximate surface area is 160 Å². The van der Waals surface area contributed by atoms with Gasteiger partial charge in [-0.2, -0.15) is 0 Å². The Morgan fingerprint density at radius 3 is 2.37 bits per heavy atom. The van der Waals surface area contributed by atoms with Crippen LogP contribution in [0, 0.1) is 6.92 Å². The zero-order chi connectivity index (χ0) is 19.7. The molecule has 0 aromatic heterocycles. The van der Waals surface area contributed by atoms with Gasteiger partial charge in [0.1, 0.15) is 5.75 Å². The first kappa shape index (κ1) is 19.9. The SMILES string of the molecule is COc1ccc(S(=O)(=O)[C@@H]2CS(=O)(=O)C[C@H]2NCc2ccccc2C)cc1. The molecule has 146 valence electrons. The van der Waals surface area contributed by atoms with Crippen LogP contribution in [0.3, 0.4) is 0 Å². The molecule has 1 aliphatic rings. The van der Waals surface area contributed by atoms with Gasteiger partial charge in [0.25, 0.3) is 0 Å². The third-order valence-corrected chi connectivity index (χ3v) is 9.07. The van der Waals surface area contributed by atoms with Crippen LogP contribution in [0.2, 0.25) is 0 Å². The molecule has 1 aliphatic heterocycles. The van der Waals surface area contributed by atoms with E-state index in [1.165, 1.54) is 19.2 Å². The smallest absolute Gasteiger partial charge is 0.183 e. The van der Waals surface area contributed by atoms with Crippen LogP contribution in [0.1, 0.15) is 11.1 Å². The van der Waals surface area contributed by atoms with Gasteiger partial charge in [0.2, 0.25) is 0 Å².